The first-order chi connectivity index (χ1) is 12.7. The zero-order valence-corrected chi connectivity index (χ0v) is 13.7. The summed E-state index contributed by atoms with van der Waals surface area (Å²) in [4.78, 5) is 24.3. The minimum absolute atomic E-state index is 0.0408. The normalized spacial score (nSPS) is 10.9. The van der Waals surface area contributed by atoms with Crippen LogP contribution in [0.4, 0.5) is 0 Å². The Hall–Kier alpha value is -3.68. The molecule has 0 aliphatic carbocycles. The summed E-state index contributed by atoms with van der Waals surface area (Å²) in [7, 11) is 0. The molecular weight excluding hydrogens is 334 g/mol. The molecule has 0 bridgehead atoms. The molecule has 0 saturated carbocycles. The Balaban J connectivity index is 1.40. The van der Waals surface area contributed by atoms with Gasteiger partial charge in [0.05, 0.1) is 24.0 Å². The van der Waals surface area contributed by atoms with Crippen LogP contribution in [0.3, 0.4) is 0 Å². The number of nitrogens with zero attached hydrogens (tertiary/aromatic N) is 5. The molecule has 0 aliphatic heterocycles. The van der Waals surface area contributed by atoms with E-state index in [2.05, 4.69) is 10.2 Å². The SMILES string of the molecule is O=C(OCCn1nc2ccccn2c1=O)c1cnn(-c2ccccc2)c1. The van der Waals surface area contributed by atoms with Crippen LogP contribution in [0, 0.1) is 0 Å². The second-order valence-corrected chi connectivity index (χ2v) is 5.58. The molecule has 8 nitrogen and oxygen atoms in total. The fourth-order valence-corrected chi connectivity index (χ4v) is 2.57. The molecule has 3 aromatic heterocycles. The van der Waals surface area contributed by atoms with Crippen LogP contribution >= 0.6 is 0 Å². The lowest BCUT2D eigenvalue weighted by atomic mass is 10.3. The van der Waals surface area contributed by atoms with Crippen molar-refractivity contribution >= 4 is 11.6 Å². The van der Waals surface area contributed by atoms with Crippen molar-refractivity contribution < 1.29 is 9.53 Å². The molecule has 4 aromatic rings. The van der Waals surface area contributed by atoms with Crippen molar-refractivity contribution in [2.45, 2.75) is 6.54 Å². The number of esters is 1. The maximum absolute atomic E-state index is 12.1. The van der Waals surface area contributed by atoms with Gasteiger partial charge in [-0.3, -0.25) is 4.40 Å². The molecular formula is C18H15N5O3. The van der Waals surface area contributed by atoms with Gasteiger partial charge in [0, 0.05) is 12.4 Å². The maximum atomic E-state index is 12.1. The summed E-state index contributed by atoms with van der Waals surface area (Å²) >= 11 is 0. The number of pyridine rings is 1. The third-order valence-electron chi connectivity index (χ3n) is 3.86. The smallest absolute Gasteiger partial charge is 0.350 e. The van der Waals surface area contributed by atoms with Gasteiger partial charge in [0.1, 0.15) is 6.61 Å². The van der Waals surface area contributed by atoms with E-state index in [1.54, 1.807) is 35.3 Å². The van der Waals surface area contributed by atoms with Crippen molar-refractivity contribution in [3.8, 4) is 5.69 Å². The van der Waals surface area contributed by atoms with Gasteiger partial charge in [-0.1, -0.05) is 24.3 Å². The summed E-state index contributed by atoms with van der Waals surface area (Å²) in [5.41, 5.74) is 1.47. The Morgan fingerprint density at radius 1 is 1.08 bits per heavy atom. The Kier molecular flexibility index (Phi) is 4.06. The molecule has 0 unspecified atom stereocenters. The second kappa shape index (κ2) is 6.67. The zero-order valence-electron chi connectivity index (χ0n) is 13.7. The number of hydrogen-bond donors (Lipinski definition) is 0. The average molecular weight is 349 g/mol. The van der Waals surface area contributed by atoms with Gasteiger partial charge in [-0.15, -0.1) is 5.10 Å². The molecule has 0 atom stereocenters. The number of fused-ring (bicyclic) bond motifs is 1. The van der Waals surface area contributed by atoms with Crippen LogP contribution in [-0.4, -0.2) is 36.5 Å². The van der Waals surface area contributed by atoms with Gasteiger partial charge in [-0.05, 0) is 24.3 Å². The lowest BCUT2D eigenvalue weighted by Crippen LogP contribution is -2.24. The van der Waals surface area contributed by atoms with Crippen molar-refractivity contribution in [3.63, 3.8) is 0 Å². The van der Waals surface area contributed by atoms with Gasteiger partial charge < -0.3 is 4.74 Å². The molecule has 0 saturated heterocycles. The molecule has 0 fully saturated rings. The molecule has 26 heavy (non-hydrogen) atoms. The fourth-order valence-electron chi connectivity index (χ4n) is 2.57. The molecule has 0 aliphatic rings. The summed E-state index contributed by atoms with van der Waals surface area (Å²) < 4.78 is 9.54. The number of ether oxygens (including phenoxy) is 1. The number of hydrogen-bond acceptors (Lipinski definition) is 5. The highest BCUT2D eigenvalue weighted by molar-refractivity contribution is 5.88. The zero-order chi connectivity index (χ0) is 17.9. The Bertz CT molecular complexity index is 1110. The van der Waals surface area contributed by atoms with Crippen LogP contribution in [-0.2, 0) is 11.3 Å². The topological polar surface area (TPSA) is 83.4 Å². The third kappa shape index (κ3) is 3.00. The van der Waals surface area contributed by atoms with Crippen molar-refractivity contribution in [2.75, 3.05) is 6.61 Å². The molecule has 1 aromatic carbocycles. The van der Waals surface area contributed by atoms with E-state index in [0.717, 1.165) is 5.69 Å². The monoisotopic (exact) mass is 349 g/mol. The number of para-hydroxylation sites is 1. The van der Waals surface area contributed by atoms with Crippen LogP contribution in [0.25, 0.3) is 11.3 Å². The molecule has 0 radical (unpaired) electrons. The first kappa shape index (κ1) is 15.8. The summed E-state index contributed by atoms with van der Waals surface area (Å²) in [6.07, 6.45) is 4.70. The van der Waals surface area contributed by atoms with Crippen molar-refractivity contribution in [1.29, 1.82) is 0 Å². The largest absolute Gasteiger partial charge is 0.460 e. The number of benzene rings is 1. The quantitative estimate of drug-likeness (QED) is 0.510. The molecule has 3 heterocycles. The minimum atomic E-state index is -0.496. The molecule has 8 heteroatoms. The highest BCUT2D eigenvalue weighted by atomic mass is 16.5. The average Bonchev–Trinajstić information content (AvgIpc) is 3.29. The number of rotatable bonds is 5. The summed E-state index contributed by atoms with van der Waals surface area (Å²) in [6, 6.07) is 14.8. The Morgan fingerprint density at radius 3 is 2.69 bits per heavy atom. The van der Waals surface area contributed by atoms with Gasteiger partial charge in [0.25, 0.3) is 0 Å². The third-order valence-corrected chi connectivity index (χ3v) is 3.86. The van der Waals surface area contributed by atoms with Gasteiger partial charge >= 0.3 is 11.7 Å². The van der Waals surface area contributed by atoms with E-state index in [1.807, 2.05) is 30.3 Å². The van der Waals surface area contributed by atoms with E-state index in [-0.39, 0.29) is 18.8 Å². The lowest BCUT2D eigenvalue weighted by molar-refractivity contribution is 0.0486. The summed E-state index contributed by atoms with van der Waals surface area (Å²) in [5.74, 6) is -0.496. The van der Waals surface area contributed by atoms with E-state index >= 15 is 0 Å². The Labute approximate surface area is 147 Å². The number of aromatic nitrogens is 5. The van der Waals surface area contributed by atoms with E-state index in [0.29, 0.717) is 11.2 Å². The first-order valence-electron chi connectivity index (χ1n) is 8.04. The molecule has 0 N–H and O–H groups in total. The Morgan fingerprint density at radius 2 is 1.88 bits per heavy atom. The summed E-state index contributed by atoms with van der Waals surface area (Å²) in [5, 5.41) is 8.35. The van der Waals surface area contributed by atoms with Crippen LogP contribution in [0.1, 0.15) is 10.4 Å². The van der Waals surface area contributed by atoms with E-state index < -0.39 is 5.97 Å². The van der Waals surface area contributed by atoms with Gasteiger partial charge in [0.2, 0.25) is 0 Å². The van der Waals surface area contributed by atoms with Crippen molar-refractivity contribution in [1.82, 2.24) is 24.0 Å². The van der Waals surface area contributed by atoms with Gasteiger partial charge in [-0.25, -0.2) is 19.0 Å². The standard InChI is InChI=1S/C18H15N5O3/c24-17(14-12-19-23(13-14)15-6-2-1-3-7-15)26-11-10-22-18(25)21-9-5-4-8-16(21)20-22/h1-9,12-13H,10-11H2. The highest BCUT2D eigenvalue weighted by Gasteiger charge is 2.12. The predicted molar refractivity (Wildman–Crippen MR) is 93.3 cm³/mol. The lowest BCUT2D eigenvalue weighted by Gasteiger charge is -2.02. The molecule has 4 rings (SSSR count). The molecule has 0 amide bonds. The van der Waals surface area contributed by atoms with Gasteiger partial charge in [0.15, 0.2) is 5.65 Å². The highest BCUT2D eigenvalue weighted by Crippen LogP contribution is 2.08. The van der Waals surface area contributed by atoms with Crippen molar-refractivity contribution in [2.24, 2.45) is 0 Å². The predicted octanol–water partition coefficient (Wildman–Crippen LogP) is 1.54. The van der Waals surface area contributed by atoms with E-state index in [4.69, 9.17) is 4.74 Å². The van der Waals surface area contributed by atoms with E-state index in [9.17, 15) is 9.59 Å². The first-order valence-corrected chi connectivity index (χ1v) is 8.04. The summed E-state index contributed by atoms with van der Waals surface area (Å²) in [6.45, 7) is 0.220. The minimum Gasteiger partial charge on any atom is -0.460 e. The van der Waals surface area contributed by atoms with Crippen LogP contribution in [0.5, 0.6) is 0 Å². The van der Waals surface area contributed by atoms with Crippen LogP contribution in [0.15, 0.2) is 71.9 Å². The van der Waals surface area contributed by atoms with Crippen LogP contribution in [0.2, 0.25) is 0 Å². The maximum Gasteiger partial charge on any atom is 0.350 e. The second-order valence-electron chi connectivity index (χ2n) is 5.58. The number of carbonyl (C=O) groups is 1. The molecule has 0 spiro atoms. The van der Waals surface area contributed by atoms with Crippen molar-refractivity contribution in [3.05, 3.63) is 83.2 Å². The van der Waals surface area contributed by atoms with Crippen LogP contribution < -0.4 is 5.69 Å². The fraction of sp³-hybridized carbons (Fsp3) is 0.111. The molecule has 130 valence electrons. The van der Waals surface area contributed by atoms with Gasteiger partial charge in [-0.2, -0.15) is 5.10 Å². The van der Waals surface area contributed by atoms with E-state index in [1.165, 1.54) is 15.3 Å². The number of carbonyl (C=O) groups excluding carboxylic acids is 1.